The van der Waals surface area contributed by atoms with E-state index in [2.05, 4.69) is 21.6 Å². The van der Waals surface area contributed by atoms with Gasteiger partial charge in [-0.1, -0.05) is 0 Å². The van der Waals surface area contributed by atoms with Gasteiger partial charge in [0.2, 0.25) is 0 Å². The first-order valence-electron chi connectivity index (χ1n) is 14.3. The molecule has 224 valence electrons. The van der Waals surface area contributed by atoms with Crippen LogP contribution in [-0.4, -0.2) is 89.7 Å². The number of ether oxygens (including phenoxy) is 3. The van der Waals surface area contributed by atoms with Crippen LogP contribution >= 0.6 is 0 Å². The van der Waals surface area contributed by atoms with E-state index in [1.54, 1.807) is 19.1 Å². The van der Waals surface area contributed by atoms with Gasteiger partial charge in [0.25, 0.3) is 0 Å². The molecule has 0 atom stereocenters. The Balaban J connectivity index is 1.33. The molecular weight excluding hydrogens is 536 g/mol. The standard InChI is InChI=1S/C31H40N6O5/c1-31(2,3)42-30(39)35-10-8-22(9-11-35)37-20-21(18-33-37)29-19-32-27-7-6-23(16-28(27)34-29)36(12-13-38)24-14-25(40-4)17-26(15-24)41-5/h6-7,14-17,19-20,22,33,38H,8-13,18H2,1-5H3. The summed E-state index contributed by atoms with van der Waals surface area (Å²) in [5, 5.41) is 12.0. The first kappa shape index (κ1) is 29.4. The number of rotatable bonds is 8. The predicted molar refractivity (Wildman–Crippen MR) is 162 cm³/mol. The van der Waals surface area contributed by atoms with Crippen LogP contribution in [0.15, 0.2) is 48.8 Å². The number of nitrogens with one attached hydrogen (secondary N) is 1. The largest absolute Gasteiger partial charge is 0.497 e. The van der Waals surface area contributed by atoms with Gasteiger partial charge in [-0.2, -0.15) is 0 Å². The van der Waals surface area contributed by atoms with Crippen molar-refractivity contribution in [2.45, 2.75) is 45.3 Å². The van der Waals surface area contributed by atoms with E-state index in [0.717, 1.165) is 46.5 Å². The van der Waals surface area contributed by atoms with Gasteiger partial charge in [-0.15, -0.1) is 0 Å². The molecule has 2 N–H and O–H groups in total. The monoisotopic (exact) mass is 576 g/mol. The zero-order chi connectivity index (χ0) is 29.9. The minimum absolute atomic E-state index is 0.0334. The van der Waals surface area contributed by atoms with Crippen molar-refractivity contribution in [1.29, 1.82) is 0 Å². The molecule has 2 aromatic carbocycles. The van der Waals surface area contributed by atoms with Gasteiger partial charge < -0.3 is 34.1 Å². The zero-order valence-corrected chi connectivity index (χ0v) is 25.0. The number of hydrogen-bond donors (Lipinski definition) is 2. The molecule has 0 radical (unpaired) electrons. The Kier molecular flexibility index (Phi) is 8.69. The Hall–Kier alpha value is -4.09. The van der Waals surface area contributed by atoms with Gasteiger partial charge >= 0.3 is 6.09 Å². The fourth-order valence-electron chi connectivity index (χ4n) is 5.26. The molecule has 3 aromatic rings. The average Bonchev–Trinajstić information content (AvgIpc) is 3.49. The van der Waals surface area contributed by atoms with Crippen molar-refractivity contribution in [3.05, 3.63) is 54.5 Å². The molecule has 11 heteroatoms. The number of hydrazine groups is 1. The number of aromatic nitrogens is 2. The van der Waals surface area contributed by atoms with Gasteiger partial charge in [-0.05, 0) is 51.8 Å². The molecule has 0 bridgehead atoms. The maximum atomic E-state index is 12.4. The number of benzene rings is 2. The lowest BCUT2D eigenvalue weighted by atomic mass is 10.1. The quantitative estimate of drug-likeness (QED) is 0.402. The normalized spacial score (nSPS) is 16.0. The second-order valence-corrected chi connectivity index (χ2v) is 11.5. The van der Waals surface area contributed by atoms with Gasteiger partial charge in [0.1, 0.15) is 17.1 Å². The lowest BCUT2D eigenvalue weighted by Crippen LogP contribution is -2.48. The summed E-state index contributed by atoms with van der Waals surface area (Å²) in [6, 6.07) is 11.8. The summed E-state index contributed by atoms with van der Waals surface area (Å²) in [6.45, 7) is 7.96. The van der Waals surface area contributed by atoms with Gasteiger partial charge in [0.05, 0.1) is 43.8 Å². The predicted octanol–water partition coefficient (Wildman–Crippen LogP) is 4.34. The molecule has 11 nitrogen and oxygen atoms in total. The fourth-order valence-corrected chi connectivity index (χ4v) is 5.26. The lowest BCUT2D eigenvalue weighted by molar-refractivity contribution is 0.0151. The number of carbonyl (C=O) groups excluding carboxylic acids is 1. The number of aliphatic hydroxyl groups is 1. The van der Waals surface area contributed by atoms with Gasteiger partial charge in [-0.3, -0.25) is 4.98 Å². The molecule has 5 rings (SSSR count). The third kappa shape index (κ3) is 6.69. The number of methoxy groups -OCH3 is 2. The van der Waals surface area contributed by atoms with Gasteiger partial charge in [0, 0.05) is 73.6 Å². The molecule has 1 amide bonds. The first-order chi connectivity index (χ1) is 20.2. The number of carbonyl (C=O) groups is 1. The van der Waals surface area contributed by atoms with Crippen LogP contribution in [0.3, 0.4) is 0 Å². The van der Waals surface area contributed by atoms with Crippen molar-refractivity contribution in [3.8, 4) is 11.5 Å². The Morgan fingerprint density at radius 1 is 1.05 bits per heavy atom. The van der Waals surface area contributed by atoms with Crippen molar-refractivity contribution in [2.24, 2.45) is 0 Å². The molecule has 1 saturated heterocycles. The minimum Gasteiger partial charge on any atom is -0.497 e. The summed E-state index contributed by atoms with van der Waals surface area (Å²) in [5.41, 5.74) is 8.08. The Bertz CT molecular complexity index is 1430. The molecule has 1 fully saturated rings. The number of anilines is 2. The number of piperidine rings is 1. The van der Waals surface area contributed by atoms with E-state index in [-0.39, 0.29) is 18.7 Å². The molecule has 2 aliphatic heterocycles. The van der Waals surface area contributed by atoms with E-state index in [9.17, 15) is 9.90 Å². The first-order valence-corrected chi connectivity index (χ1v) is 14.3. The Morgan fingerprint density at radius 3 is 2.40 bits per heavy atom. The van der Waals surface area contributed by atoms with E-state index >= 15 is 0 Å². The van der Waals surface area contributed by atoms with Gasteiger partial charge in [-0.25, -0.2) is 15.2 Å². The topological polar surface area (TPSA) is 113 Å². The molecule has 42 heavy (non-hydrogen) atoms. The molecule has 3 heterocycles. The van der Waals surface area contributed by atoms with Crippen molar-refractivity contribution < 1.29 is 24.1 Å². The maximum Gasteiger partial charge on any atom is 0.410 e. The highest BCUT2D eigenvalue weighted by atomic mass is 16.6. The zero-order valence-electron chi connectivity index (χ0n) is 25.0. The van der Waals surface area contributed by atoms with Crippen LogP contribution in [0.1, 0.15) is 39.3 Å². The number of nitrogens with zero attached hydrogens (tertiary/aromatic N) is 5. The van der Waals surface area contributed by atoms with Crippen molar-refractivity contribution in [3.63, 3.8) is 0 Å². The van der Waals surface area contributed by atoms with Crippen molar-refractivity contribution in [1.82, 2.24) is 25.3 Å². The Labute approximate surface area is 246 Å². The molecule has 0 saturated carbocycles. The molecule has 0 spiro atoms. The van der Waals surface area contributed by atoms with Crippen LogP contribution in [0.5, 0.6) is 11.5 Å². The summed E-state index contributed by atoms with van der Waals surface area (Å²) in [4.78, 5) is 25.9. The summed E-state index contributed by atoms with van der Waals surface area (Å²) < 4.78 is 16.5. The van der Waals surface area contributed by atoms with Crippen LogP contribution in [0.2, 0.25) is 0 Å². The third-order valence-corrected chi connectivity index (χ3v) is 7.39. The van der Waals surface area contributed by atoms with E-state index in [4.69, 9.17) is 19.2 Å². The second-order valence-electron chi connectivity index (χ2n) is 11.5. The minimum atomic E-state index is -0.497. The van der Waals surface area contributed by atoms with Crippen molar-refractivity contribution in [2.75, 3.05) is 51.9 Å². The van der Waals surface area contributed by atoms with Crippen LogP contribution in [0.25, 0.3) is 16.6 Å². The fraction of sp³-hybridized carbons (Fsp3) is 0.452. The summed E-state index contributed by atoms with van der Waals surface area (Å²) in [6.07, 6.45) is 5.36. The number of aliphatic hydroxyl groups excluding tert-OH is 1. The molecule has 0 unspecified atom stereocenters. The average molecular weight is 577 g/mol. The smallest absolute Gasteiger partial charge is 0.410 e. The molecule has 2 aliphatic rings. The lowest BCUT2D eigenvalue weighted by Gasteiger charge is -2.37. The number of hydrogen-bond acceptors (Lipinski definition) is 10. The third-order valence-electron chi connectivity index (χ3n) is 7.39. The van der Waals surface area contributed by atoms with Crippen molar-refractivity contribution >= 4 is 34.1 Å². The van der Waals surface area contributed by atoms with Crippen LogP contribution in [0, 0.1) is 0 Å². The van der Waals surface area contributed by atoms with E-state index in [1.807, 2.05) is 68.3 Å². The van der Waals surface area contributed by atoms with Crippen LogP contribution in [-0.2, 0) is 4.74 Å². The summed E-state index contributed by atoms with van der Waals surface area (Å²) in [7, 11) is 3.23. The van der Waals surface area contributed by atoms with E-state index < -0.39 is 5.60 Å². The number of amides is 1. The highest BCUT2D eigenvalue weighted by molar-refractivity contribution is 5.82. The number of fused-ring (bicyclic) bond motifs is 1. The summed E-state index contributed by atoms with van der Waals surface area (Å²) >= 11 is 0. The van der Waals surface area contributed by atoms with Crippen LogP contribution in [0.4, 0.5) is 16.2 Å². The Morgan fingerprint density at radius 2 is 1.76 bits per heavy atom. The highest BCUT2D eigenvalue weighted by Crippen LogP contribution is 2.34. The maximum absolute atomic E-state index is 12.4. The highest BCUT2D eigenvalue weighted by Gasteiger charge is 2.30. The molecule has 0 aliphatic carbocycles. The van der Waals surface area contributed by atoms with Gasteiger partial charge in [0.15, 0.2) is 0 Å². The molecule has 1 aromatic heterocycles. The van der Waals surface area contributed by atoms with Crippen LogP contribution < -0.4 is 19.8 Å². The summed E-state index contributed by atoms with van der Waals surface area (Å²) in [5.74, 6) is 1.33. The second kappa shape index (κ2) is 12.4. The van der Waals surface area contributed by atoms with E-state index in [1.165, 1.54) is 0 Å². The van der Waals surface area contributed by atoms with E-state index in [0.29, 0.717) is 37.7 Å². The number of likely N-dealkylation sites (tertiary alicyclic amines) is 1. The molecular formula is C31H40N6O5. The SMILES string of the molecule is COc1cc(OC)cc(N(CCO)c2ccc3ncc(C4=CN(C5CCN(C(=O)OC(C)(C)C)CC5)NC4)nc3c2)c1.